The normalized spacial score (nSPS) is 15.9. The summed E-state index contributed by atoms with van der Waals surface area (Å²) >= 11 is 0. The minimum atomic E-state index is 0.553. The van der Waals surface area contributed by atoms with E-state index in [1.165, 1.54) is 115 Å². The molecule has 0 aromatic heterocycles. The van der Waals surface area contributed by atoms with Gasteiger partial charge in [0.25, 0.3) is 0 Å². The first-order valence-corrected chi connectivity index (χ1v) is 13.6. The predicted octanol–water partition coefficient (Wildman–Crippen LogP) is 8.88. The van der Waals surface area contributed by atoms with Crippen LogP contribution >= 0.6 is 0 Å². The zero-order valence-corrected chi connectivity index (χ0v) is 20.7. The molecule has 1 unspecified atom stereocenters. The first-order chi connectivity index (χ1) is 15.3. The lowest BCUT2D eigenvalue weighted by Gasteiger charge is -2.33. The van der Waals surface area contributed by atoms with Crippen molar-refractivity contribution in [2.45, 2.75) is 129 Å². The molecule has 0 spiro atoms. The number of nitrogens with zero attached hydrogens (tertiary/aromatic N) is 2. The Hall–Kier alpha value is -1.44. The van der Waals surface area contributed by atoms with Crippen LogP contribution in [0.5, 0.6) is 0 Å². The van der Waals surface area contributed by atoms with Crippen molar-refractivity contribution < 1.29 is 0 Å². The highest BCUT2D eigenvalue weighted by atomic mass is 15.4. The first kappa shape index (κ1) is 25.8. The monoisotopic (exact) mass is 426 g/mol. The lowest BCUT2D eigenvalue weighted by molar-refractivity contribution is 0.133. The summed E-state index contributed by atoms with van der Waals surface area (Å²) in [5, 5.41) is 0. The SMILES string of the molecule is CCCCCCCCCCCCCCCN1C=CN(Cc2ccccc2)C1CCCC. The van der Waals surface area contributed by atoms with E-state index in [-0.39, 0.29) is 0 Å². The Labute approximate surface area is 194 Å². The Morgan fingerprint density at radius 2 is 1.10 bits per heavy atom. The van der Waals surface area contributed by atoms with Crippen LogP contribution in [-0.2, 0) is 6.54 Å². The van der Waals surface area contributed by atoms with E-state index in [9.17, 15) is 0 Å². The van der Waals surface area contributed by atoms with Crippen molar-refractivity contribution in [3.05, 3.63) is 48.3 Å². The van der Waals surface area contributed by atoms with Gasteiger partial charge in [-0.15, -0.1) is 0 Å². The summed E-state index contributed by atoms with van der Waals surface area (Å²) in [5.74, 6) is 0. The van der Waals surface area contributed by atoms with Crippen LogP contribution in [0.2, 0.25) is 0 Å². The van der Waals surface area contributed by atoms with E-state index < -0.39 is 0 Å². The fourth-order valence-corrected chi connectivity index (χ4v) is 4.77. The molecule has 31 heavy (non-hydrogen) atoms. The maximum atomic E-state index is 2.61. The number of rotatable bonds is 19. The Kier molecular flexibility index (Phi) is 14.3. The number of hydrogen-bond acceptors (Lipinski definition) is 2. The highest BCUT2D eigenvalue weighted by molar-refractivity contribution is 5.15. The van der Waals surface area contributed by atoms with Gasteiger partial charge in [-0.25, -0.2) is 0 Å². The van der Waals surface area contributed by atoms with Crippen LogP contribution in [0.4, 0.5) is 0 Å². The molecule has 0 saturated carbocycles. The third kappa shape index (κ3) is 11.1. The second-order valence-electron chi connectivity index (χ2n) is 9.56. The van der Waals surface area contributed by atoms with E-state index in [0.717, 1.165) is 6.54 Å². The lowest BCUT2D eigenvalue weighted by atomic mass is 10.0. The summed E-state index contributed by atoms with van der Waals surface area (Å²) in [7, 11) is 0. The average Bonchev–Trinajstić information content (AvgIpc) is 3.17. The van der Waals surface area contributed by atoms with Crippen molar-refractivity contribution >= 4 is 0 Å². The first-order valence-electron chi connectivity index (χ1n) is 13.6. The van der Waals surface area contributed by atoms with Gasteiger partial charge in [0.2, 0.25) is 0 Å². The Balaban J connectivity index is 1.54. The third-order valence-electron chi connectivity index (χ3n) is 6.76. The molecule has 176 valence electrons. The van der Waals surface area contributed by atoms with E-state index in [4.69, 9.17) is 0 Å². The van der Waals surface area contributed by atoms with Gasteiger partial charge in [-0.3, -0.25) is 0 Å². The van der Waals surface area contributed by atoms with Crippen LogP contribution in [0.25, 0.3) is 0 Å². The smallest absolute Gasteiger partial charge is 0.101 e. The van der Waals surface area contributed by atoms with Crippen molar-refractivity contribution in [1.29, 1.82) is 0 Å². The molecule has 0 saturated heterocycles. The molecule has 1 heterocycles. The standard InChI is InChI=1S/C29H50N2/c1-3-5-7-8-9-10-11-12-13-14-15-16-20-24-30-25-26-31(29(30)23-6-4-2)27-28-21-18-17-19-22-28/h17-19,21-22,25-26,29H,3-16,20,23-24,27H2,1-2H3. The molecule has 0 radical (unpaired) electrons. The van der Waals surface area contributed by atoms with Crippen molar-refractivity contribution in [3.8, 4) is 0 Å². The molecular formula is C29H50N2. The topological polar surface area (TPSA) is 6.48 Å². The average molecular weight is 427 g/mol. The zero-order chi connectivity index (χ0) is 22.0. The van der Waals surface area contributed by atoms with Crippen LogP contribution in [0.3, 0.4) is 0 Å². The van der Waals surface area contributed by atoms with Gasteiger partial charge in [0, 0.05) is 25.5 Å². The molecular weight excluding hydrogens is 376 g/mol. The van der Waals surface area contributed by atoms with Gasteiger partial charge >= 0.3 is 0 Å². The van der Waals surface area contributed by atoms with Crippen molar-refractivity contribution in [2.75, 3.05) is 6.54 Å². The van der Waals surface area contributed by atoms with Crippen LogP contribution in [0, 0.1) is 0 Å². The maximum Gasteiger partial charge on any atom is 0.101 e. The summed E-state index contributed by atoms with van der Waals surface area (Å²) < 4.78 is 0. The molecule has 1 aliphatic heterocycles. The van der Waals surface area contributed by atoms with Gasteiger partial charge in [0.05, 0.1) is 0 Å². The molecule has 2 heteroatoms. The molecule has 0 aliphatic carbocycles. The van der Waals surface area contributed by atoms with Crippen LogP contribution in [-0.4, -0.2) is 22.5 Å². The van der Waals surface area contributed by atoms with Gasteiger partial charge in [-0.1, -0.05) is 128 Å². The summed E-state index contributed by atoms with van der Waals surface area (Å²) in [5.41, 5.74) is 1.41. The number of hydrogen-bond donors (Lipinski definition) is 0. The Morgan fingerprint density at radius 1 is 0.581 bits per heavy atom. The minimum absolute atomic E-state index is 0.553. The number of benzene rings is 1. The fraction of sp³-hybridized carbons (Fsp3) is 0.724. The molecule has 1 aliphatic rings. The van der Waals surface area contributed by atoms with Crippen LogP contribution in [0.15, 0.2) is 42.7 Å². The summed E-state index contributed by atoms with van der Waals surface area (Å²) in [6, 6.07) is 10.9. The molecule has 0 fully saturated rings. The van der Waals surface area contributed by atoms with E-state index in [0.29, 0.717) is 6.17 Å². The third-order valence-corrected chi connectivity index (χ3v) is 6.76. The fourth-order valence-electron chi connectivity index (χ4n) is 4.77. The number of unbranched alkanes of at least 4 members (excludes halogenated alkanes) is 13. The summed E-state index contributed by atoms with van der Waals surface area (Å²) in [6.07, 6.45) is 27.7. The van der Waals surface area contributed by atoms with Crippen molar-refractivity contribution in [2.24, 2.45) is 0 Å². The van der Waals surface area contributed by atoms with Gasteiger partial charge in [0.1, 0.15) is 6.17 Å². The van der Waals surface area contributed by atoms with Gasteiger partial charge in [0.15, 0.2) is 0 Å². The van der Waals surface area contributed by atoms with E-state index in [1.54, 1.807) is 0 Å². The zero-order valence-electron chi connectivity index (χ0n) is 20.7. The van der Waals surface area contributed by atoms with E-state index in [1.807, 2.05) is 0 Å². The minimum Gasteiger partial charge on any atom is -0.356 e. The molecule has 1 aromatic rings. The lowest BCUT2D eigenvalue weighted by Crippen LogP contribution is -2.38. The highest BCUT2D eigenvalue weighted by Gasteiger charge is 2.25. The van der Waals surface area contributed by atoms with Gasteiger partial charge < -0.3 is 9.80 Å². The quantitative estimate of drug-likeness (QED) is 0.204. The second-order valence-corrected chi connectivity index (χ2v) is 9.56. The maximum absolute atomic E-state index is 2.61. The van der Waals surface area contributed by atoms with Crippen LogP contribution < -0.4 is 0 Å². The van der Waals surface area contributed by atoms with Crippen LogP contribution in [0.1, 0.15) is 122 Å². The molecule has 1 aromatic carbocycles. The van der Waals surface area contributed by atoms with E-state index in [2.05, 4.69) is 66.4 Å². The Morgan fingerprint density at radius 3 is 1.68 bits per heavy atom. The van der Waals surface area contributed by atoms with Gasteiger partial charge in [-0.05, 0) is 24.8 Å². The van der Waals surface area contributed by atoms with Gasteiger partial charge in [-0.2, -0.15) is 0 Å². The predicted molar refractivity (Wildman–Crippen MR) is 137 cm³/mol. The molecule has 2 rings (SSSR count). The van der Waals surface area contributed by atoms with Crippen molar-refractivity contribution in [3.63, 3.8) is 0 Å². The molecule has 0 N–H and O–H groups in total. The summed E-state index contributed by atoms with van der Waals surface area (Å²) in [6.45, 7) is 6.85. The van der Waals surface area contributed by atoms with E-state index >= 15 is 0 Å². The highest BCUT2D eigenvalue weighted by Crippen LogP contribution is 2.24. The largest absolute Gasteiger partial charge is 0.356 e. The summed E-state index contributed by atoms with van der Waals surface area (Å²) in [4.78, 5) is 5.16. The molecule has 2 nitrogen and oxygen atoms in total. The molecule has 0 bridgehead atoms. The molecule has 0 amide bonds. The second kappa shape index (κ2) is 17.2. The molecule has 1 atom stereocenters. The van der Waals surface area contributed by atoms with Crippen molar-refractivity contribution in [1.82, 2.24) is 9.80 Å². The Bertz CT molecular complexity index is 553.